The van der Waals surface area contributed by atoms with E-state index in [9.17, 15) is 18.0 Å². The molecule has 0 unspecified atom stereocenters. The van der Waals surface area contributed by atoms with Crippen LogP contribution in [0, 0.1) is 0 Å². The van der Waals surface area contributed by atoms with Gasteiger partial charge in [-0.25, -0.2) is 13.2 Å². The molecule has 29 heavy (non-hydrogen) atoms. The molecule has 1 aromatic carbocycles. The molecule has 0 spiro atoms. The lowest BCUT2D eigenvalue weighted by Crippen LogP contribution is -2.58. The van der Waals surface area contributed by atoms with Crippen LogP contribution in [-0.4, -0.2) is 54.6 Å². The minimum atomic E-state index is -3.33. The largest absolute Gasteiger partial charge is 0.444 e. The summed E-state index contributed by atoms with van der Waals surface area (Å²) in [5.74, 6) is -0.786. The number of amides is 2. The predicted molar refractivity (Wildman–Crippen MR) is 111 cm³/mol. The summed E-state index contributed by atoms with van der Waals surface area (Å²) in [5, 5.41) is 6.73. The maximum atomic E-state index is 12.7. The van der Waals surface area contributed by atoms with Gasteiger partial charge in [0, 0.05) is 15.9 Å². The number of carbonyl (C=O) groups is 2. The van der Waals surface area contributed by atoms with Gasteiger partial charge in [0.05, 0.1) is 23.6 Å². The zero-order valence-electron chi connectivity index (χ0n) is 16.4. The van der Waals surface area contributed by atoms with Gasteiger partial charge in [-0.05, 0) is 51.5 Å². The van der Waals surface area contributed by atoms with Crippen molar-refractivity contribution in [2.45, 2.75) is 44.9 Å². The third-order valence-corrected chi connectivity index (χ3v) is 6.46. The van der Waals surface area contributed by atoms with Crippen molar-refractivity contribution >= 4 is 44.3 Å². The molecule has 1 aliphatic rings. The molecule has 0 radical (unpaired) electrons. The highest BCUT2D eigenvalue weighted by atomic mass is 35.5. The van der Waals surface area contributed by atoms with Gasteiger partial charge >= 0.3 is 6.09 Å². The number of aromatic nitrogens is 1. The second kappa shape index (κ2) is 7.87. The first-order valence-electron chi connectivity index (χ1n) is 9.21. The molecule has 1 aliphatic heterocycles. The Balaban J connectivity index is 1.76. The smallest absolute Gasteiger partial charge is 0.407 e. The molecule has 0 saturated carbocycles. The maximum absolute atomic E-state index is 12.7. The number of sulfone groups is 1. The van der Waals surface area contributed by atoms with Crippen molar-refractivity contribution in [1.29, 1.82) is 0 Å². The molecule has 2 aromatic rings. The molecule has 2 amide bonds. The lowest BCUT2D eigenvalue weighted by atomic mass is 10.1. The Morgan fingerprint density at radius 2 is 1.90 bits per heavy atom. The van der Waals surface area contributed by atoms with Crippen LogP contribution in [0.15, 0.2) is 24.3 Å². The van der Waals surface area contributed by atoms with Gasteiger partial charge in [-0.1, -0.05) is 11.6 Å². The van der Waals surface area contributed by atoms with Crippen LogP contribution in [0.5, 0.6) is 0 Å². The molecule has 158 valence electrons. The highest BCUT2D eigenvalue weighted by Gasteiger charge is 2.36. The van der Waals surface area contributed by atoms with Crippen molar-refractivity contribution in [1.82, 2.24) is 15.6 Å². The summed E-state index contributed by atoms with van der Waals surface area (Å²) in [5.41, 5.74) is 0.329. The van der Waals surface area contributed by atoms with Gasteiger partial charge in [-0.2, -0.15) is 0 Å². The summed E-state index contributed by atoms with van der Waals surface area (Å²) in [7, 11) is -3.33. The fraction of sp³-hybridized carbons (Fsp3) is 0.474. The number of benzene rings is 1. The summed E-state index contributed by atoms with van der Waals surface area (Å²) < 4.78 is 29.5. The first-order chi connectivity index (χ1) is 13.4. The number of rotatable bonds is 3. The van der Waals surface area contributed by atoms with Gasteiger partial charge in [0.2, 0.25) is 0 Å². The highest BCUT2D eigenvalue weighted by molar-refractivity contribution is 7.91. The fourth-order valence-corrected chi connectivity index (χ4v) is 5.05. The van der Waals surface area contributed by atoms with Crippen molar-refractivity contribution in [3.05, 3.63) is 35.0 Å². The summed E-state index contributed by atoms with van der Waals surface area (Å²) in [6.45, 7) is 5.21. The van der Waals surface area contributed by atoms with Gasteiger partial charge in [-0.3, -0.25) is 4.79 Å². The molecule has 3 rings (SSSR count). The molecule has 2 heterocycles. The molecule has 1 aromatic heterocycles. The number of hydrogen-bond acceptors (Lipinski definition) is 5. The summed E-state index contributed by atoms with van der Waals surface area (Å²) in [4.78, 5) is 27.8. The van der Waals surface area contributed by atoms with Crippen LogP contribution in [-0.2, 0) is 14.6 Å². The van der Waals surface area contributed by atoms with E-state index in [1.165, 1.54) is 0 Å². The molecule has 0 bridgehead atoms. The quantitative estimate of drug-likeness (QED) is 0.676. The van der Waals surface area contributed by atoms with Crippen LogP contribution in [0.4, 0.5) is 4.79 Å². The Labute approximate surface area is 174 Å². The average Bonchev–Trinajstić information content (AvgIpc) is 2.98. The maximum Gasteiger partial charge on any atom is 0.407 e. The molecule has 1 fully saturated rings. The lowest BCUT2D eigenvalue weighted by molar-refractivity contribution is 0.0488. The summed E-state index contributed by atoms with van der Waals surface area (Å²) in [6, 6.07) is 5.50. The van der Waals surface area contributed by atoms with Crippen LogP contribution in [0.2, 0.25) is 5.02 Å². The predicted octanol–water partition coefficient (Wildman–Crippen LogP) is 2.63. The molecular weight excluding hydrogens is 418 g/mol. The lowest BCUT2D eigenvalue weighted by Gasteiger charge is -2.33. The van der Waals surface area contributed by atoms with E-state index in [0.717, 1.165) is 10.9 Å². The molecular formula is C19H24ClN3O5S. The number of hydrogen-bond donors (Lipinski definition) is 3. The number of ether oxygens (including phenoxy) is 1. The molecule has 3 N–H and O–H groups in total. The van der Waals surface area contributed by atoms with Crippen LogP contribution < -0.4 is 10.6 Å². The zero-order chi connectivity index (χ0) is 21.4. The standard InChI is InChI=1S/C19H24ClN3O5S/c1-19(2,3)28-18(25)23-14-6-7-29(26,27)10-16(14)22-17(24)15-9-11-8-12(20)4-5-13(11)21-15/h4-5,8-9,14,16,21H,6-7,10H2,1-3H3,(H,22,24)(H,23,25)/t14-,16+/m1/s1. The average molecular weight is 442 g/mol. The van der Waals surface area contributed by atoms with Gasteiger partial charge in [0.15, 0.2) is 9.84 Å². The van der Waals surface area contributed by atoms with E-state index in [4.69, 9.17) is 16.3 Å². The number of nitrogens with one attached hydrogen (secondary N) is 3. The molecule has 8 nitrogen and oxygen atoms in total. The first-order valence-corrected chi connectivity index (χ1v) is 11.4. The second-order valence-corrected chi connectivity index (χ2v) is 10.8. The van der Waals surface area contributed by atoms with Crippen LogP contribution in [0.3, 0.4) is 0 Å². The van der Waals surface area contributed by atoms with E-state index in [2.05, 4.69) is 15.6 Å². The molecule has 2 atom stereocenters. The van der Waals surface area contributed by atoms with Crippen LogP contribution in [0.1, 0.15) is 37.7 Å². The minimum Gasteiger partial charge on any atom is -0.444 e. The minimum absolute atomic E-state index is 0.0648. The Morgan fingerprint density at radius 1 is 1.17 bits per heavy atom. The molecule has 10 heteroatoms. The summed E-state index contributed by atoms with van der Waals surface area (Å²) in [6.07, 6.45) is -0.462. The summed E-state index contributed by atoms with van der Waals surface area (Å²) >= 11 is 5.97. The normalized spacial score (nSPS) is 21.5. The van der Waals surface area contributed by atoms with Crippen molar-refractivity contribution in [2.24, 2.45) is 0 Å². The SMILES string of the molecule is CC(C)(C)OC(=O)N[C@@H]1CCS(=O)(=O)C[C@@H]1NC(=O)c1cc2cc(Cl)ccc2[nH]1. The Morgan fingerprint density at radius 3 is 2.59 bits per heavy atom. The molecule has 0 aliphatic carbocycles. The van der Waals surface area contributed by atoms with E-state index >= 15 is 0 Å². The number of carbonyl (C=O) groups excluding carboxylic acids is 2. The van der Waals surface area contributed by atoms with Crippen LogP contribution >= 0.6 is 11.6 Å². The zero-order valence-corrected chi connectivity index (χ0v) is 18.0. The number of H-pyrrole nitrogens is 1. The van der Waals surface area contributed by atoms with E-state index in [1.807, 2.05) is 0 Å². The van der Waals surface area contributed by atoms with E-state index in [1.54, 1.807) is 45.0 Å². The van der Waals surface area contributed by atoms with E-state index in [-0.39, 0.29) is 23.6 Å². The Bertz CT molecular complexity index is 1040. The Hall–Kier alpha value is -2.26. The van der Waals surface area contributed by atoms with E-state index < -0.39 is 39.5 Å². The van der Waals surface area contributed by atoms with Crippen molar-refractivity contribution in [2.75, 3.05) is 11.5 Å². The second-order valence-electron chi connectivity index (χ2n) is 8.15. The van der Waals surface area contributed by atoms with Gasteiger partial charge in [-0.15, -0.1) is 0 Å². The number of fused-ring (bicyclic) bond motifs is 1. The van der Waals surface area contributed by atoms with Gasteiger partial charge in [0.25, 0.3) is 5.91 Å². The van der Waals surface area contributed by atoms with Crippen molar-refractivity contribution in [3.8, 4) is 0 Å². The van der Waals surface area contributed by atoms with E-state index in [0.29, 0.717) is 5.02 Å². The van der Waals surface area contributed by atoms with Crippen LogP contribution in [0.25, 0.3) is 10.9 Å². The first kappa shape index (κ1) is 21.4. The topological polar surface area (TPSA) is 117 Å². The van der Waals surface area contributed by atoms with Crippen molar-refractivity contribution in [3.63, 3.8) is 0 Å². The van der Waals surface area contributed by atoms with Gasteiger partial charge in [0.1, 0.15) is 11.3 Å². The number of halogens is 1. The fourth-order valence-electron chi connectivity index (χ4n) is 3.23. The van der Waals surface area contributed by atoms with Crippen molar-refractivity contribution < 1.29 is 22.7 Å². The third kappa shape index (κ3) is 5.63. The number of aromatic amines is 1. The Kier molecular flexibility index (Phi) is 5.82. The number of alkyl carbamates (subject to hydrolysis) is 1. The highest BCUT2D eigenvalue weighted by Crippen LogP contribution is 2.21. The third-order valence-electron chi connectivity index (χ3n) is 4.51. The molecule has 1 saturated heterocycles. The van der Waals surface area contributed by atoms with Gasteiger partial charge < -0.3 is 20.4 Å². The monoisotopic (exact) mass is 441 g/mol.